The number of carbonyl (C=O) groups is 2. The van der Waals surface area contributed by atoms with Crippen molar-refractivity contribution in [2.24, 2.45) is 10.2 Å². The van der Waals surface area contributed by atoms with Gasteiger partial charge in [0.2, 0.25) is 0 Å². The van der Waals surface area contributed by atoms with E-state index < -0.39 is 0 Å². The maximum atomic E-state index is 12.4. The molecule has 5 rings (SSSR count). The Kier molecular flexibility index (Phi) is 6.58. The number of fused-ring (bicyclic) bond motifs is 2. The van der Waals surface area contributed by atoms with Gasteiger partial charge in [-0.3, -0.25) is 9.59 Å². The number of hydrogen-bond acceptors (Lipinski definition) is 4. The number of hydrogen-bond donors (Lipinski definition) is 2. The lowest BCUT2D eigenvalue weighted by atomic mass is 10.1. The lowest BCUT2D eigenvalue weighted by molar-refractivity contribution is 0.0943. The van der Waals surface area contributed by atoms with Crippen molar-refractivity contribution in [1.82, 2.24) is 10.9 Å². The van der Waals surface area contributed by atoms with Gasteiger partial charge in [-0.15, -0.1) is 0 Å². The number of rotatable bonds is 6. The third kappa shape index (κ3) is 5.34. The van der Waals surface area contributed by atoms with E-state index in [9.17, 15) is 9.59 Å². The molecule has 0 saturated heterocycles. The van der Waals surface area contributed by atoms with E-state index in [4.69, 9.17) is 0 Å². The first-order valence-corrected chi connectivity index (χ1v) is 11.4. The third-order valence-corrected chi connectivity index (χ3v) is 5.72. The van der Waals surface area contributed by atoms with Crippen molar-refractivity contribution in [2.45, 2.75) is 0 Å². The molecule has 5 aromatic rings. The number of nitrogens with one attached hydrogen (secondary N) is 2. The molecule has 0 aromatic heterocycles. The van der Waals surface area contributed by atoms with Crippen LogP contribution in [0.2, 0.25) is 0 Å². The molecule has 0 radical (unpaired) electrons. The molecule has 0 heterocycles. The standard InChI is InChI=1S/C30H22N4O2/c35-29(33-31-19-21-9-11-23-5-1-3-7-27(23)17-21)25-13-15-26(16-14-25)30(36)34-32-20-22-10-12-24-6-2-4-8-28(24)18-22/h1-20H,(H,33,35)(H,34,36)/b31-19+,32-20+. The maximum Gasteiger partial charge on any atom is 0.271 e. The van der Waals surface area contributed by atoms with Crippen LogP contribution in [0.4, 0.5) is 0 Å². The second kappa shape index (κ2) is 10.4. The lowest BCUT2D eigenvalue weighted by Gasteiger charge is -2.03. The lowest BCUT2D eigenvalue weighted by Crippen LogP contribution is -2.19. The summed E-state index contributed by atoms with van der Waals surface area (Å²) in [5.74, 6) is -0.735. The van der Waals surface area contributed by atoms with Gasteiger partial charge in [0.05, 0.1) is 12.4 Å². The summed E-state index contributed by atoms with van der Waals surface area (Å²) in [7, 11) is 0. The molecule has 0 fully saturated rings. The molecule has 6 heteroatoms. The van der Waals surface area contributed by atoms with Crippen molar-refractivity contribution in [3.05, 3.63) is 131 Å². The Bertz CT molecular complexity index is 1500. The van der Waals surface area contributed by atoms with Gasteiger partial charge >= 0.3 is 0 Å². The minimum atomic E-state index is -0.367. The van der Waals surface area contributed by atoms with Crippen LogP contribution in [0.5, 0.6) is 0 Å². The van der Waals surface area contributed by atoms with E-state index in [-0.39, 0.29) is 11.8 Å². The first-order chi connectivity index (χ1) is 17.7. The first-order valence-electron chi connectivity index (χ1n) is 11.4. The molecule has 2 N–H and O–H groups in total. The number of nitrogens with zero attached hydrogens (tertiary/aromatic N) is 2. The van der Waals surface area contributed by atoms with E-state index in [0.717, 1.165) is 32.7 Å². The number of carbonyl (C=O) groups excluding carboxylic acids is 2. The second-order valence-corrected chi connectivity index (χ2v) is 8.19. The van der Waals surface area contributed by atoms with Crippen LogP contribution < -0.4 is 10.9 Å². The van der Waals surface area contributed by atoms with Crippen molar-refractivity contribution in [2.75, 3.05) is 0 Å². The fourth-order valence-corrected chi connectivity index (χ4v) is 3.81. The van der Waals surface area contributed by atoms with Crippen LogP contribution in [-0.2, 0) is 0 Å². The van der Waals surface area contributed by atoms with E-state index in [0.29, 0.717) is 11.1 Å². The molecule has 6 nitrogen and oxygen atoms in total. The van der Waals surface area contributed by atoms with Crippen molar-refractivity contribution in [3.63, 3.8) is 0 Å². The summed E-state index contributed by atoms with van der Waals surface area (Å²) in [4.78, 5) is 24.8. The Morgan fingerprint density at radius 1 is 0.500 bits per heavy atom. The van der Waals surface area contributed by atoms with Crippen molar-refractivity contribution >= 4 is 45.8 Å². The van der Waals surface area contributed by atoms with E-state index in [1.54, 1.807) is 36.7 Å². The van der Waals surface area contributed by atoms with Gasteiger partial charge in [0.1, 0.15) is 0 Å². The van der Waals surface area contributed by atoms with E-state index in [2.05, 4.69) is 21.1 Å². The monoisotopic (exact) mass is 470 g/mol. The minimum Gasteiger partial charge on any atom is -0.267 e. The molecular formula is C30H22N4O2. The summed E-state index contributed by atoms with van der Waals surface area (Å²) >= 11 is 0. The highest BCUT2D eigenvalue weighted by molar-refractivity contribution is 5.99. The van der Waals surface area contributed by atoms with Crippen LogP contribution in [0.1, 0.15) is 31.8 Å². The Morgan fingerprint density at radius 3 is 1.31 bits per heavy atom. The summed E-state index contributed by atoms with van der Waals surface area (Å²) in [6.07, 6.45) is 3.19. The molecule has 0 aliphatic rings. The summed E-state index contributed by atoms with van der Waals surface area (Å²) in [6, 6.07) is 34.3. The van der Waals surface area contributed by atoms with E-state index >= 15 is 0 Å². The molecule has 0 spiro atoms. The quantitative estimate of drug-likeness (QED) is 0.253. The molecule has 5 aromatic carbocycles. The van der Waals surface area contributed by atoms with Crippen molar-refractivity contribution < 1.29 is 9.59 Å². The van der Waals surface area contributed by atoms with Crippen LogP contribution in [0.3, 0.4) is 0 Å². The zero-order valence-corrected chi connectivity index (χ0v) is 19.3. The molecule has 174 valence electrons. The Morgan fingerprint density at radius 2 is 0.889 bits per heavy atom. The summed E-state index contributed by atoms with van der Waals surface area (Å²) in [5.41, 5.74) is 7.57. The first kappa shape index (κ1) is 22.7. The Balaban J connectivity index is 1.16. The fraction of sp³-hybridized carbons (Fsp3) is 0. The van der Waals surface area contributed by atoms with Gasteiger partial charge in [-0.25, -0.2) is 10.9 Å². The number of amides is 2. The maximum absolute atomic E-state index is 12.4. The van der Waals surface area contributed by atoms with Gasteiger partial charge in [0, 0.05) is 11.1 Å². The van der Waals surface area contributed by atoms with Gasteiger partial charge in [-0.1, -0.05) is 72.8 Å². The number of hydrazone groups is 2. The summed E-state index contributed by atoms with van der Waals surface area (Å²) in [6.45, 7) is 0. The van der Waals surface area contributed by atoms with Crippen LogP contribution in [0, 0.1) is 0 Å². The molecule has 2 amide bonds. The average Bonchev–Trinajstić information content (AvgIpc) is 2.93. The molecular weight excluding hydrogens is 448 g/mol. The predicted octanol–water partition coefficient (Wildman–Crippen LogP) is 5.52. The SMILES string of the molecule is O=C(N/N=C/c1ccc2ccccc2c1)c1ccc(C(=O)N/N=C/c2ccc3ccccc3c2)cc1. The molecule has 0 aliphatic heterocycles. The van der Waals surface area contributed by atoms with Gasteiger partial charge in [0.25, 0.3) is 11.8 Å². The van der Waals surface area contributed by atoms with Gasteiger partial charge in [-0.2, -0.15) is 10.2 Å². The highest BCUT2D eigenvalue weighted by atomic mass is 16.2. The molecule has 0 bridgehead atoms. The summed E-state index contributed by atoms with van der Waals surface area (Å²) < 4.78 is 0. The molecule has 0 unspecified atom stereocenters. The molecule has 36 heavy (non-hydrogen) atoms. The average molecular weight is 471 g/mol. The normalized spacial score (nSPS) is 11.3. The third-order valence-electron chi connectivity index (χ3n) is 5.72. The molecule has 0 atom stereocenters. The topological polar surface area (TPSA) is 82.9 Å². The largest absolute Gasteiger partial charge is 0.271 e. The molecule has 0 saturated carbocycles. The van der Waals surface area contributed by atoms with E-state index in [1.807, 2.05) is 84.9 Å². The van der Waals surface area contributed by atoms with E-state index in [1.165, 1.54) is 0 Å². The fourth-order valence-electron chi connectivity index (χ4n) is 3.81. The zero-order valence-electron chi connectivity index (χ0n) is 19.3. The van der Waals surface area contributed by atoms with Gasteiger partial charge in [-0.05, 0) is 69.1 Å². The van der Waals surface area contributed by atoms with Crippen LogP contribution in [-0.4, -0.2) is 24.2 Å². The number of benzene rings is 5. The van der Waals surface area contributed by atoms with Gasteiger partial charge < -0.3 is 0 Å². The van der Waals surface area contributed by atoms with Gasteiger partial charge in [0.15, 0.2) is 0 Å². The minimum absolute atomic E-state index is 0.367. The van der Waals surface area contributed by atoms with Crippen LogP contribution in [0.15, 0.2) is 119 Å². The van der Waals surface area contributed by atoms with Crippen molar-refractivity contribution in [1.29, 1.82) is 0 Å². The zero-order chi connectivity index (χ0) is 24.7. The second-order valence-electron chi connectivity index (χ2n) is 8.19. The van der Waals surface area contributed by atoms with Crippen LogP contribution >= 0.6 is 0 Å². The Hall–Kier alpha value is -5.10. The highest BCUT2D eigenvalue weighted by Crippen LogP contribution is 2.15. The Labute approximate surface area is 208 Å². The molecule has 0 aliphatic carbocycles. The smallest absolute Gasteiger partial charge is 0.267 e. The predicted molar refractivity (Wildman–Crippen MR) is 144 cm³/mol. The van der Waals surface area contributed by atoms with Crippen LogP contribution in [0.25, 0.3) is 21.5 Å². The van der Waals surface area contributed by atoms with Crippen molar-refractivity contribution in [3.8, 4) is 0 Å². The summed E-state index contributed by atoms with van der Waals surface area (Å²) in [5, 5.41) is 12.6. The highest BCUT2D eigenvalue weighted by Gasteiger charge is 2.08.